The van der Waals surface area contributed by atoms with Crippen molar-refractivity contribution in [1.29, 1.82) is 0 Å². The van der Waals surface area contributed by atoms with E-state index in [0.717, 1.165) is 34.8 Å². The molecule has 9 rings (SSSR count). The molecule has 90 heavy (non-hydrogen) atoms. The van der Waals surface area contributed by atoms with Crippen molar-refractivity contribution in [2.75, 3.05) is 0 Å². The van der Waals surface area contributed by atoms with Crippen LogP contribution >= 0.6 is 0 Å². The Morgan fingerprint density at radius 3 is 0.733 bits per heavy atom. The van der Waals surface area contributed by atoms with Crippen LogP contribution in [0.25, 0.3) is 21.9 Å². The maximum atomic E-state index is 12.6. The molecule has 8 aromatic rings. The second-order valence-electron chi connectivity index (χ2n) is 24.8. The van der Waals surface area contributed by atoms with Crippen LogP contribution < -0.4 is 0 Å². The molecule has 2 heteroatoms. The first-order valence-corrected chi connectivity index (χ1v) is 31.8. The highest BCUT2D eigenvalue weighted by Crippen LogP contribution is 2.27. The highest BCUT2D eigenvalue weighted by Gasteiger charge is 2.13. The van der Waals surface area contributed by atoms with Crippen LogP contribution in [0.3, 0.4) is 0 Å². The lowest BCUT2D eigenvalue weighted by molar-refractivity contribution is 0.308. The number of halogens is 2. The van der Waals surface area contributed by atoms with E-state index in [9.17, 15) is 8.78 Å². The molecule has 0 N–H and O–H groups in total. The maximum absolute atomic E-state index is 12.6. The van der Waals surface area contributed by atoms with E-state index in [2.05, 4.69) is 259 Å². The topological polar surface area (TPSA) is 0 Å². The molecule has 0 atom stereocenters. The van der Waals surface area contributed by atoms with Crippen LogP contribution in [0.15, 0.2) is 164 Å². The molecule has 1 saturated carbocycles. The van der Waals surface area contributed by atoms with Gasteiger partial charge in [0.05, 0.1) is 0 Å². The van der Waals surface area contributed by atoms with E-state index in [1.54, 1.807) is 26.0 Å². The third-order valence-corrected chi connectivity index (χ3v) is 14.2. The van der Waals surface area contributed by atoms with Gasteiger partial charge in [0.15, 0.2) is 0 Å². The zero-order valence-corrected chi connectivity index (χ0v) is 57.5. The Balaban J connectivity index is -0.000000172. The van der Waals surface area contributed by atoms with Gasteiger partial charge < -0.3 is 0 Å². The number of fused-ring (bicyclic) bond motifs is 1. The Labute approximate surface area is 560 Å². The van der Waals surface area contributed by atoms with Crippen LogP contribution in [0.2, 0.25) is 0 Å². The average Bonchev–Trinajstić information content (AvgIpc) is 3.49. The fraction of sp³-hybridized carbons (Fsp3) is 0.477. The second-order valence-corrected chi connectivity index (χ2v) is 24.8. The van der Waals surface area contributed by atoms with Crippen LogP contribution in [-0.2, 0) is 0 Å². The molecule has 0 heterocycles. The van der Waals surface area contributed by atoms with Crippen molar-refractivity contribution >= 4 is 10.8 Å². The third kappa shape index (κ3) is 48.7. The maximum Gasteiger partial charge on any atom is 0.126 e. The zero-order valence-electron chi connectivity index (χ0n) is 57.5. The largest absolute Gasteiger partial charge is 0.207 e. The van der Waals surface area contributed by atoms with Crippen LogP contribution in [0.1, 0.15) is 244 Å². The molecule has 0 aliphatic heterocycles. The molecular formula is C88H142F2. The quantitative estimate of drug-likeness (QED) is 0.161. The molecule has 8 aromatic carbocycles. The molecule has 0 amide bonds. The Kier molecular flexibility index (Phi) is 61.6. The summed E-state index contributed by atoms with van der Waals surface area (Å²) in [4.78, 5) is 0. The van der Waals surface area contributed by atoms with Gasteiger partial charge in [0.2, 0.25) is 0 Å². The van der Waals surface area contributed by atoms with Gasteiger partial charge in [-0.15, -0.1) is 0 Å². The zero-order chi connectivity index (χ0) is 63.7. The molecule has 0 radical (unpaired) electrons. The Morgan fingerprint density at radius 1 is 0.300 bits per heavy atom. The first-order chi connectivity index (χ1) is 39.6. The van der Waals surface area contributed by atoms with Crippen molar-refractivity contribution in [2.45, 2.75) is 262 Å². The molecule has 0 nitrogen and oxygen atoms in total. The minimum Gasteiger partial charge on any atom is -0.207 e. The number of benzene rings is 8. The summed E-state index contributed by atoms with van der Waals surface area (Å²) in [5.41, 5.74) is 18.0. The van der Waals surface area contributed by atoms with E-state index >= 15 is 0 Å². The normalized spacial score (nSPS) is 11.8. The highest BCUT2D eigenvalue weighted by molar-refractivity contribution is 5.83. The lowest BCUT2D eigenvalue weighted by atomic mass is 9.84. The number of hydrogen-bond donors (Lipinski definition) is 0. The van der Waals surface area contributed by atoms with Gasteiger partial charge in [0.1, 0.15) is 11.6 Å². The molecule has 508 valence electrons. The molecule has 0 aromatic heterocycles. The molecule has 0 spiro atoms. The monoisotopic (exact) mass is 1240 g/mol. The van der Waals surface area contributed by atoms with E-state index in [0.29, 0.717) is 11.1 Å². The Bertz CT molecular complexity index is 2670. The van der Waals surface area contributed by atoms with Crippen molar-refractivity contribution < 1.29 is 8.78 Å². The van der Waals surface area contributed by atoms with Crippen molar-refractivity contribution in [2.24, 2.45) is 23.7 Å². The van der Waals surface area contributed by atoms with Crippen molar-refractivity contribution in [3.63, 3.8) is 0 Å². The van der Waals surface area contributed by atoms with Gasteiger partial charge >= 0.3 is 0 Å². The van der Waals surface area contributed by atoms with Gasteiger partial charge in [-0.2, -0.15) is 0 Å². The first-order valence-electron chi connectivity index (χ1n) is 31.8. The van der Waals surface area contributed by atoms with E-state index in [1.807, 2.05) is 26.0 Å². The minimum absolute atomic E-state index is 0. The van der Waals surface area contributed by atoms with Crippen molar-refractivity contribution in [3.8, 4) is 11.1 Å². The Morgan fingerprint density at radius 2 is 0.522 bits per heavy atom. The lowest BCUT2D eigenvalue weighted by Gasteiger charge is -2.22. The van der Waals surface area contributed by atoms with Gasteiger partial charge in [0, 0.05) is 0 Å². The van der Waals surface area contributed by atoms with E-state index in [4.69, 9.17) is 0 Å². The second kappa shape index (κ2) is 56.8. The van der Waals surface area contributed by atoms with Crippen molar-refractivity contribution in [3.05, 3.63) is 248 Å². The SMILES string of the molecule is C.C.C.C.C.C.CC1CCC(C)CC1.CCC.CCCC(C)C.CCCC(C)C.Cc1ccc(-c2ccc(C)cc2)cc1.Cc1ccc(C)c(C)c1.Cc1ccc(C)c(F)c1.Cc1ccc(C)c(F)c1.Cc1ccc(C)cc1.Cc1ccc2cc(C)ccc2c1. The smallest absolute Gasteiger partial charge is 0.126 e. The van der Waals surface area contributed by atoms with Crippen LogP contribution in [0.4, 0.5) is 8.78 Å². The molecular weight excluding hydrogens is 1090 g/mol. The van der Waals surface area contributed by atoms with Gasteiger partial charge in [-0.05, 0) is 181 Å². The molecule has 1 aliphatic carbocycles. The highest BCUT2D eigenvalue weighted by atomic mass is 19.1. The fourth-order valence-electron chi connectivity index (χ4n) is 8.48. The minimum atomic E-state index is -0.116. The number of aryl methyl sites for hydroxylation is 13. The van der Waals surface area contributed by atoms with Crippen LogP contribution in [0, 0.1) is 125 Å². The summed E-state index contributed by atoms with van der Waals surface area (Å²) in [7, 11) is 0. The standard InChI is InChI=1S/C14H14.C12H12.C9H12.2C8H9F.C8H16.C8H10.2C6H14.C3H8.6CH4/c1-11-3-7-13(8-4-11)14-9-5-12(2)6-10-14;1-9-3-5-12-8-10(2)4-6-11(12)7-9;1-7-4-5-8(2)9(3)6-7;2*1-6-3-4-7(2)8(9)5-6;2*1-7-3-5-8(2)6-4-7;2*1-4-5-6(2)3;1-3-2;;;;;;/h3-10H,1-2H3;3-8H,1-2H3;4-6H,1-3H3;2*3-5H,1-2H3;7-8H,3-6H2,1-2H3;3-6H,1-2H3;2*6H,4-5H2,1-3H3;3H2,1-2H3;6*1H4. The average molecular weight is 1240 g/mol. The molecule has 1 aliphatic rings. The van der Waals surface area contributed by atoms with E-state index in [-0.39, 0.29) is 56.2 Å². The fourth-order valence-corrected chi connectivity index (χ4v) is 8.48. The summed E-state index contributed by atoms with van der Waals surface area (Å²) in [6, 6.07) is 55.8. The summed E-state index contributed by atoms with van der Waals surface area (Å²) in [5, 5.41) is 2.67. The van der Waals surface area contributed by atoms with Gasteiger partial charge in [-0.25, -0.2) is 8.78 Å². The predicted octanol–water partition coefficient (Wildman–Crippen LogP) is 30.2. The Hall–Kier alpha value is -6.12. The molecule has 0 saturated heterocycles. The van der Waals surface area contributed by atoms with Gasteiger partial charge in [-0.1, -0.05) is 362 Å². The number of rotatable bonds is 5. The summed E-state index contributed by atoms with van der Waals surface area (Å²) >= 11 is 0. The van der Waals surface area contributed by atoms with Crippen LogP contribution in [-0.4, -0.2) is 0 Å². The first kappa shape index (κ1) is 97.5. The molecule has 0 bridgehead atoms. The van der Waals surface area contributed by atoms with Gasteiger partial charge in [-0.3, -0.25) is 0 Å². The summed E-state index contributed by atoms with van der Waals surface area (Å²) in [5.74, 6) is 3.60. The summed E-state index contributed by atoms with van der Waals surface area (Å²) in [6.45, 7) is 48.8. The van der Waals surface area contributed by atoms with Gasteiger partial charge in [0.25, 0.3) is 0 Å². The number of hydrogen-bond acceptors (Lipinski definition) is 0. The lowest BCUT2D eigenvalue weighted by Crippen LogP contribution is -2.08. The van der Waals surface area contributed by atoms with Crippen molar-refractivity contribution in [1.82, 2.24) is 0 Å². The molecule has 0 unspecified atom stereocenters. The molecule has 1 fully saturated rings. The summed E-state index contributed by atoms with van der Waals surface area (Å²) in [6.07, 6.45) is 12.6. The summed E-state index contributed by atoms with van der Waals surface area (Å²) < 4.78 is 25.2. The van der Waals surface area contributed by atoms with Crippen LogP contribution in [0.5, 0.6) is 0 Å². The third-order valence-electron chi connectivity index (χ3n) is 14.2. The van der Waals surface area contributed by atoms with E-state index in [1.165, 1.54) is 142 Å². The van der Waals surface area contributed by atoms with E-state index < -0.39 is 0 Å². The predicted molar refractivity (Wildman–Crippen MR) is 416 cm³/mol.